The van der Waals surface area contributed by atoms with Crippen LogP contribution in [0.5, 0.6) is 0 Å². The number of aliphatic hydroxyl groups is 1. The van der Waals surface area contributed by atoms with Gasteiger partial charge in [0.2, 0.25) is 5.78 Å². The first-order valence-corrected chi connectivity index (χ1v) is 4.20. The number of ketones is 1. The van der Waals surface area contributed by atoms with E-state index in [2.05, 4.69) is 15.4 Å². The number of aromatic nitrogens is 3. The van der Waals surface area contributed by atoms with Gasteiger partial charge in [0.05, 0.1) is 6.20 Å². The molecule has 5 nitrogen and oxygen atoms in total. The smallest absolute Gasteiger partial charge is 0.220 e. The van der Waals surface area contributed by atoms with Gasteiger partial charge in [-0.25, -0.2) is 0 Å². The third kappa shape index (κ3) is 1.38. The molecule has 0 bridgehead atoms. The zero-order valence-electron chi connectivity index (χ0n) is 7.34. The summed E-state index contributed by atoms with van der Waals surface area (Å²) in [6.45, 7) is 0. The van der Waals surface area contributed by atoms with E-state index >= 15 is 0 Å². The van der Waals surface area contributed by atoms with Gasteiger partial charge in [0.1, 0.15) is 0 Å². The highest BCUT2D eigenvalue weighted by atomic mass is 16.3. The van der Waals surface area contributed by atoms with Gasteiger partial charge in [-0.15, -0.1) is 0 Å². The second kappa shape index (κ2) is 3.19. The highest BCUT2D eigenvalue weighted by Crippen LogP contribution is 2.21. The van der Waals surface area contributed by atoms with Gasteiger partial charge in [-0.3, -0.25) is 4.79 Å². The second-order valence-corrected chi connectivity index (χ2v) is 3.10. The zero-order chi connectivity index (χ0) is 10.0. The normalized spacial score (nSPS) is 25.2. The summed E-state index contributed by atoms with van der Waals surface area (Å²) in [5.41, 5.74) is -1.32. The summed E-state index contributed by atoms with van der Waals surface area (Å²) in [7, 11) is 0. The average molecular weight is 191 g/mol. The molecule has 1 aromatic rings. The number of H-pyrrole nitrogens is 1. The number of hydrogen-bond acceptors (Lipinski definition) is 4. The van der Waals surface area contributed by atoms with Crippen molar-refractivity contribution in [3.05, 3.63) is 36.2 Å². The van der Waals surface area contributed by atoms with Gasteiger partial charge < -0.3 is 5.11 Å². The topological polar surface area (TPSA) is 78.9 Å². The van der Waals surface area contributed by atoms with Crippen LogP contribution in [0.15, 0.2) is 30.5 Å². The van der Waals surface area contributed by atoms with E-state index in [-0.39, 0.29) is 12.1 Å². The number of rotatable bonds is 2. The van der Waals surface area contributed by atoms with Gasteiger partial charge in [0.15, 0.2) is 11.3 Å². The minimum atomic E-state index is -1.47. The molecule has 0 fully saturated rings. The number of nitrogens with one attached hydrogen (secondary N) is 1. The van der Waals surface area contributed by atoms with Gasteiger partial charge in [-0.05, 0) is 6.08 Å². The van der Waals surface area contributed by atoms with Crippen LogP contribution < -0.4 is 0 Å². The number of carbonyl (C=O) groups is 1. The molecule has 5 heteroatoms. The summed E-state index contributed by atoms with van der Waals surface area (Å²) in [6.07, 6.45) is 8.19. The van der Waals surface area contributed by atoms with Gasteiger partial charge in [-0.1, -0.05) is 18.2 Å². The van der Waals surface area contributed by atoms with Crippen LogP contribution in [-0.2, 0) is 0 Å². The Labute approximate surface area is 80.1 Å². The van der Waals surface area contributed by atoms with Gasteiger partial charge in [-0.2, -0.15) is 15.4 Å². The largest absolute Gasteiger partial charge is 0.377 e. The Morgan fingerprint density at radius 3 is 3.00 bits per heavy atom. The highest BCUT2D eigenvalue weighted by Gasteiger charge is 2.34. The molecular formula is C9H9N3O2. The number of aromatic amines is 1. The van der Waals surface area contributed by atoms with Crippen molar-refractivity contribution >= 4 is 5.78 Å². The van der Waals surface area contributed by atoms with E-state index in [1.54, 1.807) is 18.2 Å². The molecule has 1 unspecified atom stereocenters. The Morgan fingerprint density at radius 1 is 1.57 bits per heavy atom. The zero-order valence-corrected chi connectivity index (χ0v) is 7.34. The molecule has 0 radical (unpaired) electrons. The molecule has 0 amide bonds. The van der Waals surface area contributed by atoms with Crippen molar-refractivity contribution in [3.63, 3.8) is 0 Å². The van der Waals surface area contributed by atoms with E-state index < -0.39 is 11.4 Å². The third-order valence-corrected chi connectivity index (χ3v) is 2.09. The van der Waals surface area contributed by atoms with Crippen molar-refractivity contribution in [1.29, 1.82) is 0 Å². The summed E-state index contributed by atoms with van der Waals surface area (Å²) < 4.78 is 0. The maximum atomic E-state index is 11.7. The SMILES string of the molecule is O=C(c1cn[nH]n1)C1(O)C=CC=CC1. The molecule has 0 spiro atoms. The molecule has 1 heterocycles. The first-order valence-electron chi connectivity index (χ1n) is 4.20. The number of Topliss-reactive ketones (excluding diaryl/α,β-unsaturated/α-hetero) is 1. The first kappa shape index (κ1) is 8.83. The maximum Gasteiger partial charge on any atom is 0.220 e. The van der Waals surface area contributed by atoms with Crippen LogP contribution in [0.1, 0.15) is 16.9 Å². The summed E-state index contributed by atoms with van der Waals surface area (Å²) in [4.78, 5) is 11.7. The van der Waals surface area contributed by atoms with Crippen molar-refractivity contribution in [2.75, 3.05) is 0 Å². The van der Waals surface area contributed by atoms with Crippen molar-refractivity contribution in [2.24, 2.45) is 0 Å². The molecule has 0 aliphatic heterocycles. The molecule has 2 N–H and O–H groups in total. The fraction of sp³-hybridized carbons (Fsp3) is 0.222. The number of carbonyl (C=O) groups excluding carboxylic acids is 1. The molecule has 14 heavy (non-hydrogen) atoms. The molecule has 0 saturated carbocycles. The quantitative estimate of drug-likeness (QED) is 0.656. The lowest BCUT2D eigenvalue weighted by Crippen LogP contribution is -2.37. The van der Waals surface area contributed by atoms with E-state index in [1.165, 1.54) is 12.3 Å². The summed E-state index contributed by atoms with van der Waals surface area (Å²) in [5, 5.41) is 19.4. The first-order chi connectivity index (χ1) is 6.72. The Morgan fingerprint density at radius 2 is 2.43 bits per heavy atom. The van der Waals surface area contributed by atoms with E-state index in [9.17, 15) is 9.90 Å². The minimum absolute atomic E-state index is 0.146. The Balaban J connectivity index is 2.27. The second-order valence-electron chi connectivity index (χ2n) is 3.10. The molecule has 1 aliphatic carbocycles. The Bertz CT molecular complexity index is 394. The predicted octanol–water partition coefficient (Wildman–Crippen LogP) is 0.235. The van der Waals surface area contributed by atoms with Crippen LogP contribution in [0.25, 0.3) is 0 Å². The molecular weight excluding hydrogens is 182 g/mol. The van der Waals surface area contributed by atoms with Crippen LogP contribution >= 0.6 is 0 Å². The maximum absolute atomic E-state index is 11.7. The lowest BCUT2D eigenvalue weighted by molar-refractivity contribution is 0.0529. The fourth-order valence-corrected chi connectivity index (χ4v) is 1.31. The van der Waals surface area contributed by atoms with Crippen LogP contribution in [-0.4, -0.2) is 31.9 Å². The third-order valence-electron chi connectivity index (χ3n) is 2.09. The predicted molar refractivity (Wildman–Crippen MR) is 48.6 cm³/mol. The van der Waals surface area contributed by atoms with E-state index in [0.29, 0.717) is 0 Å². The van der Waals surface area contributed by atoms with E-state index in [0.717, 1.165) is 0 Å². The van der Waals surface area contributed by atoms with Crippen LogP contribution in [0, 0.1) is 0 Å². The molecule has 0 saturated heterocycles. The van der Waals surface area contributed by atoms with Crippen LogP contribution in [0.2, 0.25) is 0 Å². The average Bonchev–Trinajstić information content (AvgIpc) is 2.70. The van der Waals surface area contributed by atoms with Crippen LogP contribution in [0.4, 0.5) is 0 Å². The van der Waals surface area contributed by atoms with Crippen molar-refractivity contribution in [1.82, 2.24) is 15.4 Å². The van der Waals surface area contributed by atoms with Crippen molar-refractivity contribution in [3.8, 4) is 0 Å². The van der Waals surface area contributed by atoms with E-state index in [4.69, 9.17) is 0 Å². The Hall–Kier alpha value is -1.75. The monoisotopic (exact) mass is 191 g/mol. The summed E-state index contributed by atoms with van der Waals surface area (Å²) in [5.74, 6) is -0.438. The minimum Gasteiger partial charge on any atom is -0.377 e. The van der Waals surface area contributed by atoms with Crippen molar-refractivity contribution in [2.45, 2.75) is 12.0 Å². The van der Waals surface area contributed by atoms with Gasteiger partial charge in [0, 0.05) is 6.42 Å². The van der Waals surface area contributed by atoms with Gasteiger partial charge >= 0.3 is 0 Å². The lowest BCUT2D eigenvalue weighted by Gasteiger charge is -2.21. The number of nitrogens with zero attached hydrogens (tertiary/aromatic N) is 2. The molecule has 72 valence electrons. The highest BCUT2D eigenvalue weighted by molar-refractivity contribution is 6.02. The van der Waals surface area contributed by atoms with Gasteiger partial charge in [0.25, 0.3) is 0 Å². The summed E-state index contributed by atoms with van der Waals surface area (Å²) >= 11 is 0. The fourth-order valence-electron chi connectivity index (χ4n) is 1.31. The number of hydrogen-bond donors (Lipinski definition) is 2. The van der Waals surface area contributed by atoms with Crippen molar-refractivity contribution < 1.29 is 9.90 Å². The number of allylic oxidation sites excluding steroid dienone is 2. The summed E-state index contributed by atoms with van der Waals surface area (Å²) in [6, 6.07) is 0. The Kier molecular flexibility index (Phi) is 2.01. The molecule has 2 rings (SSSR count). The molecule has 0 aromatic carbocycles. The molecule has 1 aliphatic rings. The van der Waals surface area contributed by atoms with E-state index in [1.807, 2.05) is 0 Å². The lowest BCUT2D eigenvalue weighted by atomic mass is 9.89. The van der Waals surface area contributed by atoms with Crippen LogP contribution in [0.3, 0.4) is 0 Å². The molecule has 1 aromatic heterocycles. The molecule has 1 atom stereocenters. The standard InChI is InChI=1S/C9H9N3O2/c13-8(7-6-10-12-11-7)9(14)4-2-1-3-5-9/h1-4,6,14H,5H2,(H,10,11,12).